The van der Waals surface area contributed by atoms with Crippen LogP contribution in [0, 0.1) is 0 Å². The number of rotatable bonds is 3. The number of esters is 1. The summed E-state index contributed by atoms with van der Waals surface area (Å²) in [6, 6.07) is 0. The summed E-state index contributed by atoms with van der Waals surface area (Å²) in [5, 5.41) is 22.7. The second kappa shape index (κ2) is 31.2. The Morgan fingerprint density at radius 3 is 1.35 bits per heavy atom. The van der Waals surface area contributed by atoms with Crippen molar-refractivity contribution in [1.29, 1.82) is 0 Å². The number of ether oxygens (including phenoxy) is 1. The summed E-state index contributed by atoms with van der Waals surface area (Å²) in [6.07, 6.45) is -0.245. The fourth-order valence-corrected chi connectivity index (χ4v) is 0.508. The van der Waals surface area contributed by atoms with Gasteiger partial charge in [-0.2, -0.15) is 0 Å². The zero-order chi connectivity index (χ0) is 16.3. The van der Waals surface area contributed by atoms with E-state index in [1.54, 1.807) is 34.6 Å². The molecule has 0 saturated heterocycles. The summed E-state index contributed by atoms with van der Waals surface area (Å²) in [7, 11) is 0. The first kappa shape index (κ1) is 31.9. The van der Waals surface area contributed by atoms with Gasteiger partial charge in [0.2, 0.25) is 0 Å². The van der Waals surface area contributed by atoms with E-state index in [-0.39, 0.29) is 59.8 Å². The number of hydrogen-bond acceptors (Lipinski definition) is 6. The number of aliphatic hydroxyl groups excluding tert-OH is 3. The number of aliphatic hydroxyl groups is 3. The SMILES string of the molecule is CC(=O)CC(=O)OC(C)C.CCO.CCO.CCO.[Ti]. The number of hydrogen-bond donors (Lipinski definition) is 3. The summed E-state index contributed by atoms with van der Waals surface area (Å²) in [5.41, 5.74) is 0. The van der Waals surface area contributed by atoms with Crippen LogP contribution in [0.15, 0.2) is 0 Å². The second-order valence-corrected chi connectivity index (χ2v) is 3.37. The van der Waals surface area contributed by atoms with Crippen molar-refractivity contribution in [3.63, 3.8) is 0 Å². The molecule has 0 bridgehead atoms. The molecule has 0 aliphatic rings. The molecule has 0 unspecified atom stereocenters. The molecule has 0 aliphatic heterocycles. The molecular weight excluding hydrogens is 300 g/mol. The number of Topliss-reactive ketones (excluding diaryl/α,β-unsaturated/α-hetero) is 1. The van der Waals surface area contributed by atoms with Crippen molar-refractivity contribution >= 4 is 11.8 Å². The van der Waals surface area contributed by atoms with Crippen molar-refractivity contribution in [2.75, 3.05) is 19.8 Å². The standard InChI is InChI=1S/C7H12O3.3C2H6O.Ti/c1-5(2)10-7(9)4-6(3)8;3*1-2-3;/h5H,4H2,1-3H3;3*3H,2H2,1H3;. The van der Waals surface area contributed by atoms with E-state index in [1.807, 2.05) is 0 Å². The number of carbonyl (C=O) groups excluding carboxylic acids is 2. The van der Waals surface area contributed by atoms with Crippen LogP contribution in [0.3, 0.4) is 0 Å². The molecular formula is C13H30O6Ti. The van der Waals surface area contributed by atoms with Crippen molar-refractivity contribution in [2.45, 2.75) is 54.1 Å². The molecule has 3 N–H and O–H groups in total. The van der Waals surface area contributed by atoms with E-state index in [0.29, 0.717) is 0 Å². The largest absolute Gasteiger partial charge is 0.463 e. The fraction of sp³-hybridized carbons (Fsp3) is 0.846. The van der Waals surface area contributed by atoms with Crippen molar-refractivity contribution < 1.29 is 51.4 Å². The van der Waals surface area contributed by atoms with Crippen LogP contribution < -0.4 is 0 Å². The molecule has 0 aromatic carbocycles. The van der Waals surface area contributed by atoms with Gasteiger partial charge < -0.3 is 20.1 Å². The van der Waals surface area contributed by atoms with Gasteiger partial charge in [-0.15, -0.1) is 0 Å². The van der Waals surface area contributed by atoms with Gasteiger partial charge >= 0.3 is 5.97 Å². The van der Waals surface area contributed by atoms with Crippen LogP contribution in [0.5, 0.6) is 0 Å². The quantitative estimate of drug-likeness (QED) is 0.404. The van der Waals surface area contributed by atoms with Gasteiger partial charge in [0.15, 0.2) is 0 Å². The van der Waals surface area contributed by atoms with E-state index >= 15 is 0 Å². The van der Waals surface area contributed by atoms with E-state index < -0.39 is 5.97 Å². The molecule has 0 spiro atoms. The van der Waals surface area contributed by atoms with E-state index in [0.717, 1.165) is 0 Å². The van der Waals surface area contributed by atoms with Crippen LogP contribution in [-0.2, 0) is 36.0 Å². The van der Waals surface area contributed by atoms with E-state index in [1.165, 1.54) is 6.92 Å². The van der Waals surface area contributed by atoms with Gasteiger partial charge in [-0.05, 0) is 41.5 Å². The zero-order valence-electron chi connectivity index (χ0n) is 13.5. The van der Waals surface area contributed by atoms with Gasteiger partial charge in [0.25, 0.3) is 0 Å². The monoisotopic (exact) mass is 330 g/mol. The minimum Gasteiger partial charge on any atom is -0.463 e. The van der Waals surface area contributed by atoms with Crippen LogP contribution in [0.4, 0.5) is 0 Å². The predicted molar refractivity (Wildman–Crippen MR) is 74.8 cm³/mol. The molecule has 122 valence electrons. The molecule has 0 rings (SSSR count). The van der Waals surface area contributed by atoms with Crippen LogP contribution in [0.1, 0.15) is 48.0 Å². The molecule has 0 aliphatic carbocycles. The molecule has 0 amide bonds. The molecule has 0 aromatic heterocycles. The minimum atomic E-state index is -0.442. The second-order valence-electron chi connectivity index (χ2n) is 3.37. The molecule has 0 aromatic rings. The summed E-state index contributed by atoms with van der Waals surface area (Å²) in [5.74, 6) is -0.604. The first-order chi connectivity index (χ1) is 8.76. The topological polar surface area (TPSA) is 104 Å². The fourth-order valence-electron chi connectivity index (χ4n) is 0.508. The summed E-state index contributed by atoms with van der Waals surface area (Å²) >= 11 is 0. The van der Waals surface area contributed by atoms with Gasteiger partial charge in [-0.25, -0.2) is 0 Å². The Morgan fingerprint density at radius 2 is 1.20 bits per heavy atom. The van der Waals surface area contributed by atoms with Gasteiger partial charge in [-0.3, -0.25) is 9.59 Å². The third kappa shape index (κ3) is 83.0. The molecule has 0 saturated carbocycles. The average molecular weight is 330 g/mol. The Balaban J connectivity index is -0.0000000626. The Kier molecular flexibility index (Phi) is 49.8. The first-order valence-corrected chi connectivity index (χ1v) is 6.28. The Morgan fingerprint density at radius 1 is 0.950 bits per heavy atom. The van der Waals surface area contributed by atoms with Gasteiger partial charge in [-0.1, -0.05) is 0 Å². The first-order valence-electron chi connectivity index (χ1n) is 6.28. The summed E-state index contributed by atoms with van der Waals surface area (Å²) in [4.78, 5) is 21.0. The van der Waals surface area contributed by atoms with E-state index in [2.05, 4.69) is 0 Å². The predicted octanol–water partition coefficient (Wildman–Crippen LogP) is 0.910. The zero-order valence-corrected chi connectivity index (χ0v) is 15.0. The van der Waals surface area contributed by atoms with Gasteiger partial charge in [0, 0.05) is 41.5 Å². The maximum atomic E-state index is 10.6. The van der Waals surface area contributed by atoms with Crippen LogP contribution in [0.2, 0.25) is 0 Å². The normalized spacial score (nSPS) is 7.50. The summed E-state index contributed by atoms with van der Waals surface area (Å²) < 4.78 is 4.70. The number of carbonyl (C=O) groups is 2. The van der Waals surface area contributed by atoms with Gasteiger partial charge in [0.1, 0.15) is 12.2 Å². The van der Waals surface area contributed by atoms with Crippen LogP contribution in [-0.4, -0.2) is 53.0 Å². The Bertz CT molecular complexity index is 181. The molecule has 6 nitrogen and oxygen atoms in total. The van der Waals surface area contributed by atoms with Crippen molar-refractivity contribution in [1.82, 2.24) is 0 Å². The van der Waals surface area contributed by atoms with E-state index in [9.17, 15) is 9.59 Å². The summed E-state index contributed by atoms with van der Waals surface area (Å²) in [6.45, 7) is 10.7. The van der Waals surface area contributed by atoms with Gasteiger partial charge in [0.05, 0.1) is 6.10 Å². The maximum absolute atomic E-state index is 10.6. The maximum Gasteiger partial charge on any atom is 0.313 e. The molecule has 0 heterocycles. The Hall–Kier alpha value is -0.266. The third-order valence-electron chi connectivity index (χ3n) is 0.760. The molecule has 0 radical (unpaired) electrons. The molecule has 20 heavy (non-hydrogen) atoms. The van der Waals surface area contributed by atoms with Crippen molar-refractivity contribution in [3.05, 3.63) is 0 Å². The van der Waals surface area contributed by atoms with Crippen LogP contribution in [0.25, 0.3) is 0 Å². The smallest absolute Gasteiger partial charge is 0.313 e. The average Bonchev–Trinajstić information content (AvgIpc) is 2.17. The van der Waals surface area contributed by atoms with Crippen molar-refractivity contribution in [2.24, 2.45) is 0 Å². The van der Waals surface area contributed by atoms with Crippen LogP contribution >= 0.6 is 0 Å². The van der Waals surface area contributed by atoms with E-state index in [4.69, 9.17) is 20.1 Å². The minimum absolute atomic E-state index is 0. The number of ketones is 1. The third-order valence-corrected chi connectivity index (χ3v) is 0.760. The Labute approximate surface area is 137 Å². The molecule has 0 fully saturated rings. The van der Waals surface area contributed by atoms with Crippen molar-refractivity contribution in [3.8, 4) is 0 Å². The molecule has 7 heteroatoms. The molecule has 0 atom stereocenters.